The first-order valence-electron chi connectivity index (χ1n) is 8.92. The number of aliphatic hydroxyl groups is 2. The lowest BCUT2D eigenvalue weighted by atomic mass is 9.93. The van der Waals surface area contributed by atoms with E-state index < -0.39 is 30.5 Å². The van der Waals surface area contributed by atoms with Gasteiger partial charge in [-0.05, 0) is 54.3 Å². The SMILES string of the molecule is Cl.NC(CO)(CO)CCc1ccc(OCC=Cc2ccc(Cl)cc2)c(C(F)(F)F)c1. The zero-order chi connectivity index (χ0) is 21.5. The summed E-state index contributed by atoms with van der Waals surface area (Å²) in [6.07, 6.45) is -0.928. The maximum absolute atomic E-state index is 13.4. The fourth-order valence-corrected chi connectivity index (χ4v) is 2.70. The van der Waals surface area contributed by atoms with Crippen LogP contribution in [-0.4, -0.2) is 35.6 Å². The van der Waals surface area contributed by atoms with Gasteiger partial charge in [0.2, 0.25) is 0 Å². The number of aryl methyl sites for hydroxylation is 1. The topological polar surface area (TPSA) is 75.7 Å². The average Bonchev–Trinajstić information content (AvgIpc) is 2.70. The van der Waals surface area contributed by atoms with E-state index in [4.69, 9.17) is 22.1 Å². The van der Waals surface area contributed by atoms with Crippen LogP contribution in [0.2, 0.25) is 5.02 Å². The van der Waals surface area contributed by atoms with Crippen LogP contribution >= 0.6 is 24.0 Å². The zero-order valence-electron chi connectivity index (χ0n) is 16.0. The Bertz CT molecular complexity index is 823. The van der Waals surface area contributed by atoms with E-state index in [1.165, 1.54) is 12.1 Å². The van der Waals surface area contributed by atoms with E-state index >= 15 is 0 Å². The minimum absolute atomic E-state index is 0. The molecular weight excluding hydrogens is 442 g/mol. The van der Waals surface area contributed by atoms with Gasteiger partial charge in [0.05, 0.1) is 24.3 Å². The fourth-order valence-electron chi connectivity index (χ4n) is 2.58. The van der Waals surface area contributed by atoms with Gasteiger partial charge in [-0.15, -0.1) is 12.4 Å². The Morgan fingerprint density at radius 1 is 1.03 bits per heavy atom. The molecule has 0 saturated heterocycles. The van der Waals surface area contributed by atoms with Crippen LogP contribution in [0.5, 0.6) is 5.75 Å². The Hall–Kier alpha value is -1.77. The largest absolute Gasteiger partial charge is 0.489 e. The molecular formula is C21H24Cl2F3NO3. The maximum atomic E-state index is 13.4. The molecule has 0 bridgehead atoms. The molecule has 0 aromatic heterocycles. The molecule has 4 nitrogen and oxygen atoms in total. The van der Waals surface area contributed by atoms with Crippen molar-refractivity contribution in [3.05, 3.63) is 70.3 Å². The van der Waals surface area contributed by atoms with Crippen molar-refractivity contribution in [1.29, 1.82) is 0 Å². The minimum atomic E-state index is -4.58. The molecule has 0 saturated carbocycles. The summed E-state index contributed by atoms with van der Waals surface area (Å²) in [5.41, 5.74) is 4.89. The van der Waals surface area contributed by atoms with Crippen LogP contribution in [0.4, 0.5) is 13.2 Å². The molecule has 0 amide bonds. The van der Waals surface area contributed by atoms with Gasteiger partial charge in [0.15, 0.2) is 0 Å². The molecule has 0 unspecified atom stereocenters. The number of ether oxygens (including phenoxy) is 1. The van der Waals surface area contributed by atoms with Gasteiger partial charge >= 0.3 is 6.18 Å². The molecule has 2 rings (SSSR count). The summed E-state index contributed by atoms with van der Waals surface area (Å²) in [6, 6.07) is 10.8. The standard InChI is InChI=1S/C21H23ClF3NO3.ClH/c22-17-6-3-15(4-7-17)2-1-11-29-19-8-5-16(12-18(19)21(23,24)25)9-10-20(26,13-27)14-28;/h1-8,12,27-28H,9-11,13-14,26H2;1H. The zero-order valence-corrected chi connectivity index (χ0v) is 17.6. The number of nitrogens with two attached hydrogens (primary N) is 1. The molecule has 0 fully saturated rings. The van der Waals surface area contributed by atoms with Crippen molar-refractivity contribution in [1.82, 2.24) is 0 Å². The molecule has 0 aliphatic heterocycles. The highest BCUT2D eigenvalue weighted by Crippen LogP contribution is 2.37. The van der Waals surface area contributed by atoms with Gasteiger partial charge in [-0.25, -0.2) is 0 Å². The lowest BCUT2D eigenvalue weighted by molar-refractivity contribution is -0.138. The van der Waals surface area contributed by atoms with Crippen molar-refractivity contribution in [3.63, 3.8) is 0 Å². The molecule has 0 heterocycles. The third kappa shape index (κ3) is 7.81. The Morgan fingerprint density at radius 3 is 2.23 bits per heavy atom. The van der Waals surface area contributed by atoms with Crippen molar-refractivity contribution >= 4 is 30.1 Å². The maximum Gasteiger partial charge on any atom is 0.419 e. The third-order valence-corrected chi connectivity index (χ3v) is 4.66. The first-order valence-corrected chi connectivity index (χ1v) is 9.30. The number of aliphatic hydroxyl groups excluding tert-OH is 2. The summed E-state index contributed by atoms with van der Waals surface area (Å²) in [5, 5.41) is 19.0. The predicted octanol–water partition coefficient (Wildman–Crippen LogP) is 4.49. The van der Waals surface area contributed by atoms with Crippen molar-refractivity contribution < 1.29 is 28.1 Å². The van der Waals surface area contributed by atoms with Crippen molar-refractivity contribution in [2.45, 2.75) is 24.6 Å². The predicted molar refractivity (Wildman–Crippen MR) is 114 cm³/mol. The van der Waals surface area contributed by atoms with Crippen molar-refractivity contribution in [2.24, 2.45) is 5.73 Å². The van der Waals surface area contributed by atoms with Gasteiger partial charge < -0.3 is 20.7 Å². The highest BCUT2D eigenvalue weighted by Gasteiger charge is 2.35. The Kier molecular flexibility index (Phi) is 10.1. The van der Waals surface area contributed by atoms with Crippen LogP contribution in [-0.2, 0) is 12.6 Å². The van der Waals surface area contributed by atoms with Gasteiger partial charge in [-0.2, -0.15) is 13.2 Å². The van der Waals surface area contributed by atoms with E-state index in [0.29, 0.717) is 10.6 Å². The van der Waals surface area contributed by atoms with Gasteiger partial charge in [-0.3, -0.25) is 0 Å². The van der Waals surface area contributed by atoms with Crippen LogP contribution in [0, 0.1) is 0 Å². The van der Waals surface area contributed by atoms with Gasteiger partial charge in [0.25, 0.3) is 0 Å². The molecule has 166 valence electrons. The molecule has 30 heavy (non-hydrogen) atoms. The first-order chi connectivity index (χ1) is 13.7. The lowest BCUT2D eigenvalue weighted by Crippen LogP contribution is -2.47. The van der Waals surface area contributed by atoms with Gasteiger partial charge in [0.1, 0.15) is 12.4 Å². The summed E-state index contributed by atoms with van der Waals surface area (Å²) in [6.45, 7) is -0.959. The average molecular weight is 466 g/mol. The van der Waals surface area contributed by atoms with E-state index in [9.17, 15) is 23.4 Å². The Balaban J connectivity index is 0.00000450. The summed E-state index contributed by atoms with van der Waals surface area (Å²) in [7, 11) is 0. The first kappa shape index (κ1) is 26.3. The Labute approximate surface area is 184 Å². The molecule has 2 aromatic carbocycles. The van der Waals surface area contributed by atoms with E-state index in [1.807, 2.05) is 0 Å². The molecule has 0 atom stereocenters. The minimum Gasteiger partial charge on any atom is -0.489 e. The normalized spacial score (nSPS) is 12.1. The molecule has 0 aliphatic carbocycles. The second-order valence-electron chi connectivity index (χ2n) is 6.77. The Morgan fingerprint density at radius 2 is 1.67 bits per heavy atom. The second kappa shape index (κ2) is 11.6. The summed E-state index contributed by atoms with van der Waals surface area (Å²) >= 11 is 5.80. The molecule has 4 N–H and O–H groups in total. The summed E-state index contributed by atoms with van der Waals surface area (Å²) in [5.74, 6) is -0.273. The van der Waals surface area contributed by atoms with Crippen LogP contribution < -0.4 is 10.5 Å². The van der Waals surface area contributed by atoms with E-state index in [-0.39, 0.29) is 37.6 Å². The number of rotatable bonds is 9. The van der Waals surface area contributed by atoms with Crippen LogP contribution in [0.3, 0.4) is 0 Å². The van der Waals surface area contributed by atoms with E-state index in [2.05, 4.69) is 0 Å². The van der Waals surface area contributed by atoms with E-state index in [0.717, 1.165) is 11.6 Å². The smallest absolute Gasteiger partial charge is 0.419 e. The van der Waals surface area contributed by atoms with Gasteiger partial charge in [-0.1, -0.05) is 35.9 Å². The highest BCUT2D eigenvalue weighted by molar-refractivity contribution is 6.30. The number of hydrogen-bond acceptors (Lipinski definition) is 4. The number of alkyl halides is 3. The molecule has 9 heteroatoms. The highest BCUT2D eigenvalue weighted by atomic mass is 35.5. The van der Waals surface area contributed by atoms with E-state index in [1.54, 1.807) is 36.4 Å². The summed E-state index contributed by atoms with van der Waals surface area (Å²) in [4.78, 5) is 0. The number of halogens is 5. The van der Waals surface area contributed by atoms with Gasteiger partial charge in [0, 0.05) is 5.02 Å². The quantitative estimate of drug-likeness (QED) is 0.509. The van der Waals surface area contributed by atoms with Crippen molar-refractivity contribution in [2.75, 3.05) is 19.8 Å². The number of benzene rings is 2. The summed E-state index contributed by atoms with van der Waals surface area (Å²) < 4.78 is 45.6. The number of hydrogen-bond donors (Lipinski definition) is 3. The molecule has 0 radical (unpaired) electrons. The van der Waals surface area contributed by atoms with Crippen LogP contribution in [0.25, 0.3) is 6.08 Å². The molecule has 0 spiro atoms. The van der Waals surface area contributed by atoms with Crippen LogP contribution in [0.15, 0.2) is 48.5 Å². The lowest BCUT2D eigenvalue weighted by Gasteiger charge is -2.24. The second-order valence-corrected chi connectivity index (χ2v) is 7.21. The van der Waals surface area contributed by atoms with Crippen molar-refractivity contribution in [3.8, 4) is 5.75 Å². The monoisotopic (exact) mass is 465 g/mol. The third-order valence-electron chi connectivity index (χ3n) is 4.41. The molecule has 0 aliphatic rings. The fraction of sp³-hybridized carbons (Fsp3) is 0.333. The van der Waals surface area contributed by atoms with Crippen LogP contribution in [0.1, 0.15) is 23.1 Å². The molecule has 2 aromatic rings.